The van der Waals surface area contributed by atoms with Crippen molar-refractivity contribution in [3.05, 3.63) is 34.2 Å². The minimum Gasteiger partial charge on any atom is -0.315 e. The van der Waals surface area contributed by atoms with Crippen LogP contribution >= 0.6 is 0 Å². The molecule has 13 heavy (non-hydrogen) atoms. The zero-order chi connectivity index (χ0) is 9.68. The molecule has 0 aliphatic heterocycles. The highest BCUT2D eigenvalue weighted by Gasteiger charge is 1.94. The third-order valence-corrected chi connectivity index (χ3v) is 2.13. The fraction of sp³-hybridized carbons (Fsp3) is 0.545. The molecule has 1 heterocycles. The standard InChI is InChI=1S/C11H17NO/c1-3-4-5-8-12-9-10(2)6-7-11(12)13/h6-7,9H,3-5,8H2,1-2H3. The van der Waals surface area contributed by atoms with E-state index in [1.807, 2.05) is 19.2 Å². The molecular formula is C11H17NO. The molecule has 1 aromatic heterocycles. The van der Waals surface area contributed by atoms with Crippen LogP contribution in [0.3, 0.4) is 0 Å². The third-order valence-electron chi connectivity index (χ3n) is 2.13. The van der Waals surface area contributed by atoms with Gasteiger partial charge in [0, 0.05) is 18.8 Å². The fourth-order valence-corrected chi connectivity index (χ4v) is 1.36. The van der Waals surface area contributed by atoms with Crippen LogP contribution in [0.25, 0.3) is 0 Å². The zero-order valence-corrected chi connectivity index (χ0v) is 8.42. The first kappa shape index (κ1) is 10.0. The second-order valence-corrected chi connectivity index (χ2v) is 3.45. The fourth-order valence-electron chi connectivity index (χ4n) is 1.36. The van der Waals surface area contributed by atoms with Gasteiger partial charge < -0.3 is 4.57 Å². The number of hydrogen-bond donors (Lipinski definition) is 0. The number of pyridine rings is 1. The van der Waals surface area contributed by atoms with Gasteiger partial charge in [-0.2, -0.15) is 0 Å². The third kappa shape index (κ3) is 3.05. The average Bonchev–Trinajstić information content (AvgIpc) is 2.11. The first-order chi connectivity index (χ1) is 6.24. The Morgan fingerprint density at radius 1 is 1.31 bits per heavy atom. The molecule has 0 amide bonds. The van der Waals surface area contributed by atoms with Crippen molar-refractivity contribution < 1.29 is 0 Å². The van der Waals surface area contributed by atoms with Gasteiger partial charge in [0.15, 0.2) is 0 Å². The van der Waals surface area contributed by atoms with E-state index in [1.54, 1.807) is 10.6 Å². The van der Waals surface area contributed by atoms with E-state index in [0.717, 1.165) is 18.5 Å². The van der Waals surface area contributed by atoms with Gasteiger partial charge in [0.25, 0.3) is 5.56 Å². The molecule has 0 aromatic carbocycles. The first-order valence-corrected chi connectivity index (χ1v) is 4.91. The largest absolute Gasteiger partial charge is 0.315 e. The lowest BCUT2D eigenvalue weighted by atomic mass is 10.2. The summed E-state index contributed by atoms with van der Waals surface area (Å²) in [6.07, 6.45) is 5.42. The van der Waals surface area contributed by atoms with Gasteiger partial charge in [0.05, 0.1) is 0 Å². The van der Waals surface area contributed by atoms with E-state index >= 15 is 0 Å². The van der Waals surface area contributed by atoms with Gasteiger partial charge in [-0.05, 0) is 18.9 Å². The highest BCUT2D eigenvalue weighted by Crippen LogP contribution is 1.98. The lowest BCUT2D eigenvalue weighted by Crippen LogP contribution is -2.18. The van der Waals surface area contributed by atoms with Crippen LogP contribution in [-0.2, 0) is 6.54 Å². The molecule has 1 aromatic rings. The summed E-state index contributed by atoms with van der Waals surface area (Å²) in [5, 5.41) is 0. The number of nitrogens with zero attached hydrogens (tertiary/aromatic N) is 1. The molecule has 72 valence electrons. The molecule has 0 fully saturated rings. The van der Waals surface area contributed by atoms with Crippen molar-refractivity contribution in [2.24, 2.45) is 0 Å². The second-order valence-electron chi connectivity index (χ2n) is 3.45. The molecule has 2 heteroatoms. The van der Waals surface area contributed by atoms with E-state index in [0.29, 0.717) is 0 Å². The highest BCUT2D eigenvalue weighted by atomic mass is 16.1. The van der Waals surface area contributed by atoms with Crippen molar-refractivity contribution in [1.29, 1.82) is 0 Å². The Labute approximate surface area is 79.2 Å². The lowest BCUT2D eigenvalue weighted by Gasteiger charge is -2.04. The zero-order valence-electron chi connectivity index (χ0n) is 8.42. The second kappa shape index (κ2) is 4.85. The molecule has 0 bridgehead atoms. The van der Waals surface area contributed by atoms with Gasteiger partial charge in [-0.25, -0.2) is 0 Å². The summed E-state index contributed by atoms with van der Waals surface area (Å²) >= 11 is 0. The summed E-state index contributed by atoms with van der Waals surface area (Å²) in [6.45, 7) is 5.03. The summed E-state index contributed by atoms with van der Waals surface area (Å²) in [5.74, 6) is 0. The monoisotopic (exact) mass is 179 g/mol. The van der Waals surface area contributed by atoms with Crippen molar-refractivity contribution in [1.82, 2.24) is 4.57 Å². The number of rotatable bonds is 4. The van der Waals surface area contributed by atoms with E-state index in [9.17, 15) is 4.79 Å². The molecule has 0 aliphatic rings. The van der Waals surface area contributed by atoms with Gasteiger partial charge >= 0.3 is 0 Å². The lowest BCUT2D eigenvalue weighted by molar-refractivity contribution is 0.586. The van der Waals surface area contributed by atoms with Crippen LogP contribution < -0.4 is 5.56 Å². The summed E-state index contributed by atoms with van der Waals surface area (Å²) in [4.78, 5) is 11.3. The Morgan fingerprint density at radius 2 is 2.08 bits per heavy atom. The topological polar surface area (TPSA) is 22.0 Å². The van der Waals surface area contributed by atoms with Crippen LogP contribution in [0.2, 0.25) is 0 Å². The molecule has 0 saturated heterocycles. The van der Waals surface area contributed by atoms with E-state index in [2.05, 4.69) is 6.92 Å². The molecule has 0 radical (unpaired) electrons. The summed E-state index contributed by atoms with van der Waals surface area (Å²) < 4.78 is 1.80. The summed E-state index contributed by atoms with van der Waals surface area (Å²) in [6, 6.07) is 3.50. The number of aryl methyl sites for hydroxylation is 2. The molecule has 0 N–H and O–H groups in total. The van der Waals surface area contributed by atoms with Crippen molar-refractivity contribution in [2.45, 2.75) is 39.7 Å². The summed E-state index contributed by atoms with van der Waals surface area (Å²) in [7, 11) is 0. The van der Waals surface area contributed by atoms with Gasteiger partial charge in [-0.15, -0.1) is 0 Å². The van der Waals surface area contributed by atoms with Crippen LogP contribution in [0.5, 0.6) is 0 Å². The van der Waals surface area contributed by atoms with Crippen molar-refractivity contribution in [3.63, 3.8) is 0 Å². The van der Waals surface area contributed by atoms with Crippen molar-refractivity contribution in [3.8, 4) is 0 Å². The Hall–Kier alpha value is -1.05. The Morgan fingerprint density at radius 3 is 2.77 bits per heavy atom. The van der Waals surface area contributed by atoms with Crippen molar-refractivity contribution in [2.75, 3.05) is 0 Å². The van der Waals surface area contributed by atoms with Crippen LogP contribution in [0.15, 0.2) is 23.1 Å². The Bertz CT molecular complexity index is 314. The van der Waals surface area contributed by atoms with Crippen LogP contribution in [0, 0.1) is 6.92 Å². The number of hydrogen-bond acceptors (Lipinski definition) is 1. The van der Waals surface area contributed by atoms with Gasteiger partial charge in [-0.1, -0.05) is 25.8 Å². The minimum atomic E-state index is 0.113. The van der Waals surface area contributed by atoms with Crippen LogP contribution in [-0.4, -0.2) is 4.57 Å². The molecule has 0 spiro atoms. The molecule has 0 unspecified atom stereocenters. The highest BCUT2D eigenvalue weighted by molar-refractivity contribution is 5.06. The summed E-state index contributed by atoms with van der Waals surface area (Å²) in [5.41, 5.74) is 1.26. The quantitative estimate of drug-likeness (QED) is 0.650. The van der Waals surface area contributed by atoms with Gasteiger partial charge in [-0.3, -0.25) is 4.79 Å². The Balaban J connectivity index is 2.65. The van der Waals surface area contributed by atoms with Gasteiger partial charge in [0.1, 0.15) is 0 Å². The maximum Gasteiger partial charge on any atom is 0.250 e. The maximum atomic E-state index is 11.3. The molecule has 2 nitrogen and oxygen atoms in total. The van der Waals surface area contributed by atoms with E-state index in [-0.39, 0.29) is 5.56 Å². The molecule has 0 aliphatic carbocycles. The smallest absolute Gasteiger partial charge is 0.250 e. The van der Waals surface area contributed by atoms with Crippen LogP contribution in [0.4, 0.5) is 0 Å². The number of unbranched alkanes of at least 4 members (excludes halogenated alkanes) is 2. The Kier molecular flexibility index (Phi) is 3.74. The maximum absolute atomic E-state index is 11.3. The molecular weight excluding hydrogens is 162 g/mol. The van der Waals surface area contributed by atoms with E-state index in [4.69, 9.17) is 0 Å². The van der Waals surface area contributed by atoms with Crippen molar-refractivity contribution >= 4 is 0 Å². The predicted octanol–water partition coefficient (Wildman–Crippen LogP) is 2.35. The first-order valence-electron chi connectivity index (χ1n) is 4.91. The minimum absolute atomic E-state index is 0.113. The molecule has 1 rings (SSSR count). The molecule has 0 saturated carbocycles. The predicted molar refractivity (Wildman–Crippen MR) is 55.0 cm³/mol. The van der Waals surface area contributed by atoms with E-state index in [1.165, 1.54) is 12.8 Å². The van der Waals surface area contributed by atoms with Gasteiger partial charge in [0.2, 0.25) is 0 Å². The number of aromatic nitrogens is 1. The average molecular weight is 179 g/mol. The SMILES string of the molecule is CCCCCn1cc(C)ccc1=O. The molecule has 0 atom stereocenters. The normalized spacial score (nSPS) is 10.3. The van der Waals surface area contributed by atoms with Crippen LogP contribution in [0.1, 0.15) is 31.7 Å². The van der Waals surface area contributed by atoms with E-state index < -0.39 is 0 Å².